The molecule has 1 fully saturated rings. The third kappa shape index (κ3) is 3.94. The number of carbonyl (C=O) groups is 1. The molecular weight excluding hydrogens is 350 g/mol. The van der Waals surface area contributed by atoms with Crippen molar-refractivity contribution in [1.82, 2.24) is 14.7 Å². The molecule has 1 aromatic heterocycles. The normalized spacial score (nSPS) is 16.6. The number of benzene rings is 2. The minimum atomic E-state index is 0.0709. The zero-order chi connectivity index (χ0) is 19.5. The Kier molecular flexibility index (Phi) is 5.44. The Bertz CT molecular complexity index is 956. The van der Waals surface area contributed by atoms with Crippen molar-refractivity contribution in [3.8, 4) is 11.1 Å². The number of ether oxygens (including phenoxy) is 1. The standard InChI is InChI=1S/C23H27N3O2/c1-25(13-3-5-21-6-4-14-28-21)23(27)18-9-7-17(8-10-18)19-11-12-22-20(15-19)16-24-26(22)2/h7-12,15-16,21H,3-6,13-14H2,1-2H3/t21-/m1/s1. The number of nitrogens with zero attached hydrogens (tertiary/aromatic N) is 3. The van der Waals surface area contributed by atoms with Crippen molar-refractivity contribution < 1.29 is 9.53 Å². The molecule has 1 atom stereocenters. The van der Waals surface area contributed by atoms with Crippen LogP contribution in [0.25, 0.3) is 22.0 Å². The van der Waals surface area contributed by atoms with Gasteiger partial charge in [-0.05, 0) is 61.1 Å². The van der Waals surface area contributed by atoms with Gasteiger partial charge in [-0.15, -0.1) is 0 Å². The van der Waals surface area contributed by atoms with E-state index in [9.17, 15) is 4.79 Å². The number of aryl methyl sites for hydroxylation is 1. The molecule has 0 N–H and O–H groups in total. The van der Waals surface area contributed by atoms with E-state index in [0.29, 0.717) is 6.10 Å². The van der Waals surface area contributed by atoms with E-state index in [0.717, 1.165) is 60.0 Å². The Morgan fingerprint density at radius 3 is 2.75 bits per heavy atom. The fourth-order valence-electron chi connectivity index (χ4n) is 3.90. The number of hydrogen-bond donors (Lipinski definition) is 0. The van der Waals surface area contributed by atoms with Crippen LogP contribution in [0.15, 0.2) is 48.7 Å². The van der Waals surface area contributed by atoms with E-state index in [4.69, 9.17) is 4.74 Å². The first-order chi connectivity index (χ1) is 13.6. The second-order valence-electron chi connectivity index (χ2n) is 7.62. The maximum Gasteiger partial charge on any atom is 0.253 e. The Balaban J connectivity index is 1.39. The Morgan fingerprint density at radius 1 is 1.21 bits per heavy atom. The first-order valence-electron chi connectivity index (χ1n) is 10.0. The van der Waals surface area contributed by atoms with Gasteiger partial charge in [-0.1, -0.05) is 18.2 Å². The Labute approximate surface area is 165 Å². The van der Waals surface area contributed by atoms with Crippen LogP contribution < -0.4 is 0 Å². The molecule has 3 aromatic rings. The maximum atomic E-state index is 12.7. The highest BCUT2D eigenvalue weighted by Gasteiger charge is 2.16. The highest BCUT2D eigenvalue weighted by molar-refractivity contribution is 5.94. The lowest BCUT2D eigenvalue weighted by atomic mass is 10.0. The fourth-order valence-corrected chi connectivity index (χ4v) is 3.90. The second-order valence-corrected chi connectivity index (χ2v) is 7.62. The molecule has 4 rings (SSSR count). The van der Waals surface area contributed by atoms with Crippen molar-refractivity contribution in [3.63, 3.8) is 0 Å². The van der Waals surface area contributed by atoms with Gasteiger partial charge in [-0.2, -0.15) is 5.10 Å². The molecule has 1 aliphatic rings. The average Bonchev–Trinajstić information content (AvgIpc) is 3.37. The van der Waals surface area contributed by atoms with Gasteiger partial charge < -0.3 is 9.64 Å². The molecule has 0 saturated carbocycles. The summed E-state index contributed by atoms with van der Waals surface area (Å²) >= 11 is 0. The van der Waals surface area contributed by atoms with Gasteiger partial charge in [-0.3, -0.25) is 9.48 Å². The third-order valence-electron chi connectivity index (χ3n) is 5.60. The predicted octanol–water partition coefficient (Wildman–Crippen LogP) is 4.27. The van der Waals surface area contributed by atoms with Crippen LogP contribution in [0, 0.1) is 0 Å². The number of fused-ring (bicyclic) bond motifs is 1. The van der Waals surface area contributed by atoms with E-state index in [1.807, 2.05) is 54.1 Å². The topological polar surface area (TPSA) is 47.4 Å². The average molecular weight is 377 g/mol. The summed E-state index contributed by atoms with van der Waals surface area (Å²) in [5.74, 6) is 0.0709. The number of carbonyl (C=O) groups excluding carboxylic acids is 1. The smallest absolute Gasteiger partial charge is 0.253 e. The molecule has 146 valence electrons. The van der Waals surface area contributed by atoms with Gasteiger partial charge in [0.15, 0.2) is 0 Å². The molecule has 0 spiro atoms. The van der Waals surface area contributed by atoms with E-state index < -0.39 is 0 Å². The highest BCUT2D eigenvalue weighted by Crippen LogP contribution is 2.25. The lowest BCUT2D eigenvalue weighted by Gasteiger charge is -2.18. The summed E-state index contributed by atoms with van der Waals surface area (Å²) in [6.45, 7) is 1.65. The molecule has 28 heavy (non-hydrogen) atoms. The van der Waals surface area contributed by atoms with Crippen LogP contribution in [-0.2, 0) is 11.8 Å². The van der Waals surface area contributed by atoms with E-state index in [-0.39, 0.29) is 5.91 Å². The molecule has 1 amide bonds. The van der Waals surface area contributed by atoms with E-state index in [1.54, 1.807) is 0 Å². The molecule has 1 aliphatic heterocycles. The van der Waals surface area contributed by atoms with Crippen LogP contribution >= 0.6 is 0 Å². The predicted molar refractivity (Wildman–Crippen MR) is 111 cm³/mol. The van der Waals surface area contributed by atoms with Crippen molar-refractivity contribution >= 4 is 16.8 Å². The summed E-state index contributed by atoms with van der Waals surface area (Å²) in [5, 5.41) is 5.41. The van der Waals surface area contributed by atoms with Crippen molar-refractivity contribution in [2.75, 3.05) is 20.2 Å². The molecule has 5 nitrogen and oxygen atoms in total. The molecule has 1 saturated heterocycles. The van der Waals surface area contributed by atoms with Crippen LogP contribution in [0.2, 0.25) is 0 Å². The molecule has 2 aromatic carbocycles. The fraction of sp³-hybridized carbons (Fsp3) is 0.391. The van der Waals surface area contributed by atoms with Gasteiger partial charge in [0, 0.05) is 38.2 Å². The van der Waals surface area contributed by atoms with Crippen molar-refractivity contribution in [2.24, 2.45) is 7.05 Å². The second kappa shape index (κ2) is 8.15. The number of hydrogen-bond acceptors (Lipinski definition) is 3. The van der Waals surface area contributed by atoms with Gasteiger partial charge in [0.25, 0.3) is 5.91 Å². The van der Waals surface area contributed by atoms with Crippen molar-refractivity contribution in [2.45, 2.75) is 31.8 Å². The molecule has 0 unspecified atom stereocenters. The SMILES string of the molecule is CN(CCC[C@@H]1CCCO1)C(=O)c1ccc(-c2ccc3c(cnn3C)c2)cc1. The first-order valence-corrected chi connectivity index (χ1v) is 10.0. The van der Waals surface area contributed by atoms with Gasteiger partial charge in [-0.25, -0.2) is 0 Å². The summed E-state index contributed by atoms with van der Waals surface area (Å²) in [7, 11) is 3.82. The summed E-state index contributed by atoms with van der Waals surface area (Å²) in [6, 6.07) is 14.2. The minimum absolute atomic E-state index is 0.0709. The maximum absolute atomic E-state index is 12.7. The minimum Gasteiger partial charge on any atom is -0.378 e. The quantitative estimate of drug-likeness (QED) is 0.644. The third-order valence-corrected chi connectivity index (χ3v) is 5.60. The molecule has 5 heteroatoms. The van der Waals surface area contributed by atoms with Crippen LogP contribution in [0.4, 0.5) is 0 Å². The van der Waals surface area contributed by atoms with Crippen LogP contribution in [0.1, 0.15) is 36.0 Å². The summed E-state index contributed by atoms with van der Waals surface area (Å²) in [6.07, 6.45) is 6.61. The largest absolute Gasteiger partial charge is 0.378 e. The number of aromatic nitrogens is 2. The monoisotopic (exact) mass is 377 g/mol. The number of rotatable bonds is 6. The van der Waals surface area contributed by atoms with Gasteiger partial charge in [0.05, 0.1) is 17.8 Å². The molecule has 0 aliphatic carbocycles. The lowest BCUT2D eigenvalue weighted by molar-refractivity contribution is 0.0763. The first kappa shape index (κ1) is 18.7. The van der Waals surface area contributed by atoms with Crippen molar-refractivity contribution in [3.05, 3.63) is 54.2 Å². The molecule has 0 bridgehead atoms. The lowest BCUT2D eigenvalue weighted by Crippen LogP contribution is -2.28. The zero-order valence-electron chi connectivity index (χ0n) is 16.6. The Morgan fingerprint density at radius 2 is 2.00 bits per heavy atom. The van der Waals surface area contributed by atoms with Gasteiger partial charge in [0.1, 0.15) is 0 Å². The van der Waals surface area contributed by atoms with Gasteiger partial charge in [0.2, 0.25) is 0 Å². The molecular formula is C23H27N3O2. The molecule has 0 radical (unpaired) electrons. The summed E-state index contributed by atoms with van der Waals surface area (Å²) in [4.78, 5) is 14.5. The number of amides is 1. The van der Waals surface area contributed by atoms with Gasteiger partial charge >= 0.3 is 0 Å². The molecule has 2 heterocycles. The zero-order valence-corrected chi connectivity index (χ0v) is 16.6. The highest BCUT2D eigenvalue weighted by atomic mass is 16.5. The van der Waals surface area contributed by atoms with Crippen molar-refractivity contribution in [1.29, 1.82) is 0 Å². The summed E-state index contributed by atoms with van der Waals surface area (Å²) in [5.41, 5.74) is 4.07. The van der Waals surface area contributed by atoms with Crippen LogP contribution in [-0.4, -0.2) is 46.9 Å². The van der Waals surface area contributed by atoms with E-state index in [1.165, 1.54) is 6.42 Å². The van der Waals surface area contributed by atoms with E-state index in [2.05, 4.69) is 23.3 Å². The van der Waals surface area contributed by atoms with Crippen LogP contribution in [0.5, 0.6) is 0 Å². The Hall–Kier alpha value is -2.66. The summed E-state index contributed by atoms with van der Waals surface area (Å²) < 4.78 is 7.53. The van der Waals surface area contributed by atoms with Crippen LogP contribution in [0.3, 0.4) is 0 Å². The van der Waals surface area contributed by atoms with E-state index >= 15 is 0 Å².